The number of carbonyl (C=O) groups is 1. The van der Waals surface area contributed by atoms with Crippen LogP contribution in [0.3, 0.4) is 0 Å². The molecule has 0 saturated heterocycles. The predicted octanol–water partition coefficient (Wildman–Crippen LogP) is 3.51. The number of nitrogens with one attached hydrogen (secondary N) is 1. The number of halogens is 1. The van der Waals surface area contributed by atoms with Crippen molar-refractivity contribution in [2.45, 2.75) is 26.8 Å². The fourth-order valence-electron chi connectivity index (χ4n) is 2.81. The molecule has 3 aromatic rings. The Balaban J connectivity index is 1.87. The van der Waals surface area contributed by atoms with Gasteiger partial charge in [0.2, 0.25) is 0 Å². The van der Waals surface area contributed by atoms with Crippen LogP contribution in [0.15, 0.2) is 48.8 Å². The number of hydrogen-bond donors (Lipinski definition) is 1. The van der Waals surface area contributed by atoms with Gasteiger partial charge in [-0.15, -0.1) is 0 Å². The van der Waals surface area contributed by atoms with Crippen LogP contribution in [0.1, 0.15) is 40.3 Å². The highest BCUT2D eigenvalue weighted by atomic mass is 19.1. The Labute approximate surface area is 145 Å². The predicted molar refractivity (Wildman–Crippen MR) is 93.1 cm³/mol. The van der Waals surface area contributed by atoms with Crippen molar-refractivity contribution in [1.29, 1.82) is 0 Å². The Kier molecular flexibility index (Phi) is 4.61. The third kappa shape index (κ3) is 3.42. The van der Waals surface area contributed by atoms with E-state index in [2.05, 4.69) is 15.4 Å². The van der Waals surface area contributed by atoms with Gasteiger partial charge in [0, 0.05) is 12.4 Å². The summed E-state index contributed by atoms with van der Waals surface area (Å²) in [5.74, 6) is -0.498. The molecule has 0 fully saturated rings. The summed E-state index contributed by atoms with van der Waals surface area (Å²) in [5.41, 5.74) is 3.56. The number of amides is 1. The molecular formula is C19H19FN4O. The SMILES string of the molecule is Cc1nn(-c2ccc(F)cc2)c(C)c1C(=O)NC(C)c1ccncc1. The van der Waals surface area contributed by atoms with Crippen LogP contribution in [0, 0.1) is 19.7 Å². The second-order valence-corrected chi connectivity index (χ2v) is 5.91. The van der Waals surface area contributed by atoms with Crippen molar-refractivity contribution in [3.8, 4) is 5.69 Å². The van der Waals surface area contributed by atoms with Gasteiger partial charge in [0.25, 0.3) is 5.91 Å². The average Bonchev–Trinajstić information content (AvgIpc) is 2.91. The Morgan fingerprint density at radius 1 is 1.12 bits per heavy atom. The van der Waals surface area contributed by atoms with E-state index >= 15 is 0 Å². The number of pyridine rings is 1. The second kappa shape index (κ2) is 6.84. The van der Waals surface area contributed by atoms with Gasteiger partial charge in [-0.05, 0) is 62.7 Å². The summed E-state index contributed by atoms with van der Waals surface area (Å²) in [5, 5.41) is 7.42. The first-order chi connectivity index (χ1) is 12.0. The molecule has 25 heavy (non-hydrogen) atoms. The van der Waals surface area contributed by atoms with Crippen LogP contribution in [-0.4, -0.2) is 20.7 Å². The number of benzene rings is 1. The molecule has 0 aliphatic carbocycles. The minimum Gasteiger partial charge on any atom is -0.345 e. The van der Waals surface area contributed by atoms with E-state index in [1.165, 1.54) is 12.1 Å². The van der Waals surface area contributed by atoms with Gasteiger partial charge in [-0.2, -0.15) is 5.10 Å². The Morgan fingerprint density at radius 3 is 2.40 bits per heavy atom. The normalized spacial score (nSPS) is 12.0. The lowest BCUT2D eigenvalue weighted by atomic mass is 10.1. The van der Waals surface area contributed by atoms with Crippen molar-refractivity contribution in [3.63, 3.8) is 0 Å². The van der Waals surface area contributed by atoms with E-state index in [1.54, 1.807) is 36.1 Å². The molecule has 3 rings (SSSR count). The molecule has 1 N–H and O–H groups in total. The molecule has 6 heteroatoms. The first-order valence-corrected chi connectivity index (χ1v) is 8.00. The van der Waals surface area contributed by atoms with Crippen LogP contribution < -0.4 is 5.32 Å². The van der Waals surface area contributed by atoms with Crippen LogP contribution in [0.4, 0.5) is 4.39 Å². The van der Waals surface area contributed by atoms with E-state index in [9.17, 15) is 9.18 Å². The monoisotopic (exact) mass is 338 g/mol. The van der Waals surface area contributed by atoms with E-state index in [0.717, 1.165) is 5.56 Å². The highest BCUT2D eigenvalue weighted by Crippen LogP contribution is 2.20. The zero-order chi connectivity index (χ0) is 18.0. The molecule has 0 bridgehead atoms. The average molecular weight is 338 g/mol. The summed E-state index contributed by atoms with van der Waals surface area (Å²) < 4.78 is 14.8. The van der Waals surface area contributed by atoms with Crippen molar-refractivity contribution in [3.05, 3.63) is 77.1 Å². The van der Waals surface area contributed by atoms with E-state index in [4.69, 9.17) is 0 Å². The largest absolute Gasteiger partial charge is 0.345 e. The first-order valence-electron chi connectivity index (χ1n) is 8.00. The van der Waals surface area contributed by atoms with Crippen LogP contribution in [0.2, 0.25) is 0 Å². The smallest absolute Gasteiger partial charge is 0.255 e. The summed E-state index contributed by atoms with van der Waals surface area (Å²) in [7, 11) is 0. The van der Waals surface area contributed by atoms with Crippen LogP contribution in [0.5, 0.6) is 0 Å². The fourth-order valence-corrected chi connectivity index (χ4v) is 2.81. The minimum atomic E-state index is -0.311. The number of rotatable bonds is 4. The van der Waals surface area contributed by atoms with E-state index in [-0.39, 0.29) is 17.8 Å². The van der Waals surface area contributed by atoms with Gasteiger partial charge >= 0.3 is 0 Å². The molecule has 2 aromatic heterocycles. The van der Waals surface area contributed by atoms with Crippen LogP contribution in [-0.2, 0) is 0 Å². The number of nitrogens with zero attached hydrogens (tertiary/aromatic N) is 3. The molecule has 5 nitrogen and oxygen atoms in total. The number of carbonyl (C=O) groups excluding carboxylic acids is 1. The molecular weight excluding hydrogens is 319 g/mol. The molecule has 1 aromatic carbocycles. The lowest BCUT2D eigenvalue weighted by molar-refractivity contribution is 0.0938. The van der Waals surface area contributed by atoms with Crippen molar-refractivity contribution in [2.24, 2.45) is 0 Å². The molecule has 128 valence electrons. The summed E-state index contributed by atoms with van der Waals surface area (Å²) >= 11 is 0. The van der Waals surface area contributed by atoms with Crippen molar-refractivity contribution in [2.75, 3.05) is 0 Å². The maximum Gasteiger partial charge on any atom is 0.255 e. The fraction of sp³-hybridized carbons (Fsp3) is 0.211. The maximum atomic E-state index is 13.1. The van der Waals surface area contributed by atoms with Crippen molar-refractivity contribution in [1.82, 2.24) is 20.1 Å². The standard InChI is InChI=1S/C19H19FN4O/c1-12(15-8-10-21-11-9-15)22-19(25)18-13(2)23-24(14(18)3)17-6-4-16(20)5-7-17/h4-12H,1-3H3,(H,22,25). The summed E-state index contributed by atoms with van der Waals surface area (Å²) in [6.07, 6.45) is 3.39. The Morgan fingerprint density at radius 2 is 1.76 bits per heavy atom. The van der Waals surface area contributed by atoms with Gasteiger partial charge in [-0.1, -0.05) is 0 Å². The first kappa shape index (κ1) is 16.8. The molecule has 0 spiro atoms. The molecule has 2 heterocycles. The van der Waals surface area contributed by atoms with Gasteiger partial charge < -0.3 is 5.32 Å². The number of hydrogen-bond acceptors (Lipinski definition) is 3. The van der Waals surface area contributed by atoms with Gasteiger partial charge in [-0.25, -0.2) is 9.07 Å². The van der Waals surface area contributed by atoms with Gasteiger partial charge in [0.15, 0.2) is 0 Å². The molecule has 0 saturated carbocycles. The number of aryl methyl sites for hydroxylation is 1. The highest BCUT2D eigenvalue weighted by Gasteiger charge is 2.21. The molecule has 1 unspecified atom stereocenters. The number of aromatic nitrogens is 3. The Bertz CT molecular complexity index is 888. The van der Waals surface area contributed by atoms with Crippen molar-refractivity contribution >= 4 is 5.91 Å². The molecule has 1 amide bonds. The summed E-state index contributed by atoms with van der Waals surface area (Å²) in [6.45, 7) is 5.54. The highest BCUT2D eigenvalue weighted by molar-refractivity contribution is 5.96. The van der Waals surface area contributed by atoms with Gasteiger partial charge in [0.05, 0.1) is 28.7 Å². The maximum absolute atomic E-state index is 13.1. The lowest BCUT2D eigenvalue weighted by Gasteiger charge is -2.14. The second-order valence-electron chi connectivity index (χ2n) is 5.91. The lowest BCUT2D eigenvalue weighted by Crippen LogP contribution is -2.27. The third-order valence-corrected chi connectivity index (χ3v) is 4.14. The van der Waals surface area contributed by atoms with E-state index in [1.807, 2.05) is 26.0 Å². The zero-order valence-corrected chi connectivity index (χ0v) is 14.3. The minimum absolute atomic E-state index is 0.150. The molecule has 0 radical (unpaired) electrons. The van der Waals surface area contributed by atoms with Crippen molar-refractivity contribution < 1.29 is 9.18 Å². The molecule has 1 atom stereocenters. The van der Waals surface area contributed by atoms with Gasteiger partial charge in [-0.3, -0.25) is 9.78 Å². The summed E-state index contributed by atoms with van der Waals surface area (Å²) in [6, 6.07) is 9.60. The Hall–Kier alpha value is -3.02. The van der Waals surface area contributed by atoms with E-state index < -0.39 is 0 Å². The van der Waals surface area contributed by atoms with E-state index in [0.29, 0.717) is 22.6 Å². The zero-order valence-electron chi connectivity index (χ0n) is 14.3. The third-order valence-electron chi connectivity index (χ3n) is 4.14. The molecule has 0 aliphatic rings. The van der Waals surface area contributed by atoms with Gasteiger partial charge in [0.1, 0.15) is 5.82 Å². The molecule has 0 aliphatic heterocycles. The summed E-state index contributed by atoms with van der Waals surface area (Å²) in [4.78, 5) is 16.7. The van der Waals surface area contributed by atoms with Crippen LogP contribution >= 0.6 is 0 Å². The quantitative estimate of drug-likeness (QED) is 0.792. The van der Waals surface area contributed by atoms with Crippen LogP contribution in [0.25, 0.3) is 5.69 Å². The topological polar surface area (TPSA) is 59.8 Å².